The molecule has 8 nitrogen and oxygen atoms in total. The second-order valence-corrected chi connectivity index (χ2v) is 5.84. The molecule has 130 valence electrons. The Labute approximate surface area is 148 Å². The Hall–Kier alpha value is -2.87. The Balaban J connectivity index is 1.96. The standard InChI is InChI=1S/C16H16ClN5O3/c1-2-3-6-25-16(23)11-8-19-22(15(11)18)14-9-21(24)13-7-10(17)4-5-12(13)20-14/h4-5,7-9H,2-3,6,18H2,1H3. The van der Waals surface area contributed by atoms with Crippen molar-refractivity contribution in [2.24, 2.45) is 0 Å². The van der Waals surface area contributed by atoms with E-state index in [2.05, 4.69) is 10.1 Å². The van der Waals surface area contributed by atoms with Crippen LogP contribution in [-0.2, 0) is 4.74 Å². The van der Waals surface area contributed by atoms with Gasteiger partial charge in [-0.15, -0.1) is 0 Å². The summed E-state index contributed by atoms with van der Waals surface area (Å²) in [6, 6.07) is 4.77. The molecular weight excluding hydrogens is 346 g/mol. The van der Waals surface area contributed by atoms with Crippen LogP contribution in [-0.4, -0.2) is 27.3 Å². The molecule has 2 aromatic heterocycles. The number of unbranched alkanes of at least 4 members (excludes halogenated alkanes) is 1. The number of aromatic nitrogens is 4. The number of hydrogen-bond donors (Lipinski definition) is 1. The third-order valence-electron chi connectivity index (χ3n) is 3.62. The molecule has 0 unspecified atom stereocenters. The lowest BCUT2D eigenvalue weighted by molar-refractivity contribution is -0.577. The van der Waals surface area contributed by atoms with Gasteiger partial charge in [0.25, 0.3) is 0 Å². The molecule has 0 fully saturated rings. The molecule has 0 saturated carbocycles. The number of halogens is 1. The smallest absolute Gasteiger partial charge is 0.343 e. The molecular formula is C16H16ClN5O3. The fraction of sp³-hybridized carbons (Fsp3) is 0.250. The van der Waals surface area contributed by atoms with Crippen molar-refractivity contribution in [1.82, 2.24) is 14.8 Å². The van der Waals surface area contributed by atoms with Gasteiger partial charge in [-0.25, -0.2) is 9.78 Å². The Morgan fingerprint density at radius 2 is 2.28 bits per heavy atom. The molecule has 0 bridgehead atoms. The number of fused-ring (bicyclic) bond motifs is 1. The van der Waals surface area contributed by atoms with E-state index >= 15 is 0 Å². The molecule has 2 N–H and O–H groups in total. The first-order valence-corrected chi connectivity index (χ1v) is 8.09. The van der Waals surface area contributed by atoms with Gasteiger partial charge in [-0.2, -0.15) is 14.5 Å². The Bertz CT molecular complexity index is 941. The van der Waals surface area contributed by atoms with Crippen LogP contribution in [0.25, 0.3) is 16.9 Å². The van der Waals surface area contributed by atoms with E-state index in [1.54, 1.807) is 12.1 Å². The molecule has 0 radical (unpaired) electrons. The van der Waals surface area contributed by atoms with Crippen LogP contribution in [0.15, 0.2) is 30.6 Å². The molecule has 25 heavy (non-hydrogen) atoms. The van der Waals surface area contributed by atoms with E-state index in [1.165, 1.54) is 23.1 Å². The van der Waals surface area contributed by atoms with Crippen LogP contribution in [0.2, 0.25) is 5.02 Å². The van der Waals surface area contributed by atoms with E-state index in [4.69, 9.17) is 22.1 Å². The lowest BCUT2D eigenvalue weighted by atomic mass is 10.3. The molecule has 0 aliphatic carbocycles. The summed E-state index contributed by atoms with van der Waals surface area (Å²) < 4.78 is 6.98. The Morgan fingerprint density at radius 1 is 1.48 bits per heavy atom. The normalized spacial score (nSPS) is 11.0. The number of benzene rings is 1. The first kappa shape index (κ1) is 17.0. The number of nitrogens with zero attached hydrogens (tertiary/aromatic N) is 4. The maximum absolute atomic E-state index is 12.2. The monoisotopic (exact) mass is 361 g/mol. The number of carbonyl (C=O) groups is 1. The van der Waals surface area contributed by atoms with Gasteiger partial charge in [0.1, 0.15) is 16.9 Å². The van der Waals surface area contributed by atoms with Crippen molar-refractivity contribution < 1.29 is 14.3 Å². The minimum Gasteiger partial charge on any atom is -0.618 e. The largest absolute Gasteiger partial charge is 0.618 e. The van der Waals surface area contributed by atoms with E-state index in [9.17, 15) is 10.0 Å². The molecule has 9 heteroatoms. The summed E-state index contributed by atoms with van der Waals surface area (Å²) in [7, 11) is 0. The number of anilines is 1. The highest BCUT2D eigenvalue weighted by molar-refractivity contribution is 6.31. The van der Waals surface area contributed by atoms with E-state index in [0.717, 1.165) is 12.8 Å². The van der Waals surface area contributed by atoms with Crippen LogP contribution in [0.3, 0.4) is 0 Å². The third kappa shape index (κ3) is 3.34. The van der Waals surface area contributed by atoms with Crippen molar-refractivity contribution in [3.63, 3.8) is 0 Å². The molecule has 0 aliphatic heterocycles. The summed E-state index contributed by atoms with van der Waals surface area (Å²) >= 11 is 5.89. The van der Waals surface area contributed by atoms with Gasteiger partial charge in [-0.3, -0.25) is 0 Å². The Morgan fingerprint density at radius 3 is 3.04 bits per heavy atom. The van der Waals surface area contributed by atoms with Crippen molar-refractivity contribution in [2.75, 3.05) is 12.3 Å². The van der Waals surface area contributed by atoms with E-state index in [-0.39, 0.29) is 17.2 Å². The summed E-state index contributed by atoms with van der Waals surface area (Å²) in [5, 5.41) is 16.7. The molecule has 0 spiro atoms. The van der Waals surface area contributed by atoms with Crippen LogP contribution < -0.4 is 10.5 Å². The summed E-state index contributed by atoms with van der Waals surface area (Å²) in [4.78, 5) is 16.4. The lowest BCUT2D eigenvalue weighted by Gasteiger charge is -2.07. The predicted octanol–water partition coefficient (Wildman–Crippen LogP) is 2.25. The van der Waals surface area contributed by atoms with Crippen LogP contribution in [0.1, 0.15) is 30.1 Å². The molecule has 3 rings (SSSR count). The first-order valence-electron chi connectivity index (χ1n) is 7.71. The van der Waals surface area contributed by atoms with Gasteiger partial charge in [0.2, 0.25) is 17.5 Å². The number of rotatable bonds is 5. The lowest BCUT2D eigenvalue weighted by Crippen LogP contribution is -2.28. The van der Waals surface area contributed by atoms with Gasteiger partial charge in [-0.1, -0.05) is 24.9 Å². The van der Waals surface area contributed by atoms with Gasteiger partial charge in [0, 0.05) is 11.1 Å². The minimum absolute atomic E-state index is 0.0577. The maximum Gasteiger partial charge on any atom is 0.343 e. The van der Waals surface area contributed by atoms with Gasteiger partial charge in [0.15, 0.2) is 0 Å². The quantitative estimate of drug-likeness (QED) is 0.323. The van der Waals surface area contributed by atoms with Crippen molar-refractivity contribution >= 4 is 34.4 Å². The van der Waals surface area contributed by atoms with Gasteiger partial charge in [-0.05, 0) is 18.6 Å². The van der Waals surface area contributed by atoms with Gasteiger partial charge < -0.3 is 15.7 Å². The van der Waals surface area contributed by atoms with Crippen LogP contribution in [0.5, 0.6) is 0 Å². The van der Waals surface area contributed by atoms with Crippen molar-refractivity contribution in [2.45, 2.75) is 19.8 Å². The van der Waals surface area contributed by atoms with Crippen LogP contribution >= 0.6 is 11.6 Å². The summed E-state index contributed by atoms with van der Waals surface area (Å²) in [6.45, 7) is 2.31. The average Bonchev–Trinajstić information content (AvgIpc) is 2.97. The third-order valence-corrected chi connectivity index (χ3v) is 3.85. The van der Waals surface area contributed by atoms with Crippen molar-refractivity contribution in [3.05, 3.63) is 46.4 Å². The summed E-state index contributed by atoms with van der Waals surface area (Å²) in [5.41, 5.74) is 6.87. The zero-order chi connectivity index (χ0) is 18.0. The summed E-state index contributed by atoms with van der Waals surface area (Å²) in [6.07, 6.45) is 4.20. The van der Waals surface area contributed by atoms with Crippen LogP contribution in [0, 0.1) is 5.21 Å². The number of carbonyl (C=O) groups excluding carboxylic acids is 1. The van der Waals surface area contributed by atoms with Gasteiger partial charge in [0.05, 0.1) is 12.8 Å². The predicted molar refractivity (Wildman–Crippen MR) is 92.4 cm³/mol. The minimum atomic E-state index is -0.556. The summed E-state index contributed by atoms with van der Waals surface area (Å²) in [5.74, 6) is -0.308. The second-order valence-electron chi connectivity index (χ2n) is 5.40. The van der Waals surface area contributed by atoms with Crippen molar-refractivity contribution in [3.8, 4) is 5.82 Å². The highest BCUT2D eigenvalue weighted by Crippen LogP contribution is 2.19. The molecule has 0 atom stereocenters. The fourth-order valence-corrected chi connectivity index (χ4v) is 2.45. The van der Waals surface area contributed by atoms with Crippen LogP contribution in [0.4, 0.5) is 5.82 Å². The molecule has 2 heterocycles. The molecule has 3 aromatic rings. The molecule has 1 aromatic carbocycles. The zero-order valence-corrected chi connectivity index (χ0v) is 14.2. The van der Waals surface area contributed by atoms with E-state index < -0.39 is 5.97 Å². The molecule has 0 saturated heterocycles. The van der Waals surface area contributed by atoms with Gasteiger partial charge >= 0.3 is 5.97 Å². The second kappa shape index (κ2) is 6.94. The number of nitrogen functional groups attached to an aromatic ring is 1. The highest BCUT2D eigenvalue weighted by Gasteiger charge is 2.20. The topological polar surface area (TPSA) is 110 Å². The maximum atomic E-state index is 12.2. The SMILES string of the molecule is CCCCOC(=O)c1cnn(-c2c[n+]([O-])c3cc(Cl)ccc3n2)c1N. The zero-order valence-electron chi connectivity index (χ0n) is 13.5. The highest BCUT2D eigenvalue weighted by atomic mass is 35.5. The number of nitrogens with two attached hydrogens (primary N) is 1. The molecule has 0 aliphatic rings. The number of esters is 1. The average molecular weight is 362 g/mol. The Kier molecular flexibility index (Phi) is 4.71. The molecule has 0 amide bonds. The van der Waals surface area contributed by atoms with E-state index in [1.807, 2.05) is 6.92 Å². The first-order chi connectivity index (χ1) is 12.0. The van der Waals surface area contributed by atoms with E-state index in [0.29, 0.717) is 27.4 Å². The number of hydrogen-bond acceptors (Lipinski definition) is 6. The number of ether oxygens (including phenoxy) is 1. The fourth-order valence-electron chi connectivity index (χ4n) is 2.28. The van der Waals surface area contributed by atoms with Crippen molar-refractivity contribution in [1.29, 1.82) is 0 Å².